The minimum Gasteiger partial charge on any atom is -0.481 e. The largest absolute Gasteiger partial charge is 0.481 e. The second-order valence-electron chi connectivity index (χ2n) is 2.57. The van der Waals surface area contributed by atoms with Crippen molar-refractivity contribution in [3.05, 3.63) is 0 Å². The van der Waals surface area contributed by atoms with Gasteiger partial charge in [-0.2, -0.15) is 0 Å². The zero-order valence-electron chi connectivity index (χ0n) is 9.27. The highest BCUT2D eigenvalue weighted by Crippen LogP contribution is 1.86. The van der Waals surface area contributed by atoms with Gasteiger partial charge in [0.15, 0.2) is 0 Å². The molecule has 0 aromatic carbocycles. The molecular weight excluding hydrogens is 254 g/mol. The van der Waals surface area contributed by atoms with E-state index >= 15 is 0 Å². The van der Waals surface area contributed by atoms with Crippen molar-refractivity contribution in [2.75, 3.05) is 0 Å². The molecule has 0 rings (SSSR count). The van der Waals surface area contributed by atoms with Gasteiger partial charge in [0.1, 0.15) is 0 Å². The van der Waals surface area contributed by atoms with E-state index in [4.69, 9.17) is 25.6 Å². The third kappa shape index (κ3) is 37.2. The van der Waals surface area contributed by atoms with Crippen LogP contribution in [0.5, 0.6) is 0 Å². The lowest BCUT2D eigenvalue weighted by atomic mass is 10.3. The van der Waals surface area contributed by atoms with E-state index in [1.54, 1.807) is 0 Å². The lowest BCUT2D eigenvalue weighted by Gasteiger charge is -1.85. The van der Waals surface area contributed by atoms with E-state index in [2.05, 4.69) is 5.90 Å². The normalized spacial score (nSPS) is 7.89. The van der Waals surface area contributed by atoms with Crippen LogP contribution in [0.15, 0.2) is 0 Å². The molecule has 0 bridgehead atoms. The van der Waals surface area contributed by atoms with Gasteiger partial charge in [-0.1, -0.05) is 0 Å². The van der Waals surface area contributed by atoms with E-state index in [9.17, 15) is 19.2 Å². The third-order valence-corrected chi connectivity index (χ3v) is 1.11. The van der Waals surface area contributed by atoms with Crippen molar-refractivity contribution in [3.63, 3.8) is 0 Å². The van der Waals surface area contributed by atoms with Gasteiger partial charge >= 0.3 is 23.9 Å². The molecule has 10 nitrogen and oxygen atoms in total. The first-order chi connectivity index (χ1) is 8.25. The SMILES string of the molecule is NO.O=C(O)CCC(=O)O.O=C(O)CCC(=O)O. The number of rotatable bonds is 6. The summed E-state index contributed by atoms with van der Waals surface area (Å²) in [7, 11) is 0. The summed E-state index contributed by atoms with van der Waals surface area (Å²) in [5.41, 5.74) is 0. The number of carbonyl (C=O) groups is 4. The Morgan fingerprint density at radius 3 is 0.722 bits per heavy atom. The number of nitrogens with two attached hydrogens (primary N) is 1. The summed E-state index contributed by atoms with van der Waals surface area (Å²) in [5, 5.41) is 38.1. The van der Waals surface area contributed by atoms with Gasteiger partial charge in [-0.25, -0.2) is 5.90 Å². The van der Waals surface area contributed by atoms with Gasteiger partial charge in [0.2, 0.25) is 0 Å². The van der Waals surface area contributed by atoms with Gasteiger partial charge in [-0.15, -0.1) is 0 Å². The highest BCUT2D eigenvalue weighted by Gasteiger charge is 2.00. The molecule has 0 aliphatic heterocycles. The van der Waals surface area contributed by atoms with Crippen LogP contribution in [0, 0.1) is 0 Å². The molecule has 0 heterocycles. The fraction of sp³-hybridized carbons (Fsp3) is 0.500. The number of carboxylic acids is 4. The molecule has 0 aromatic heterocycles. The molecule has 0 atom stereocenters. The molecule has 0 saturated carbocycles. The van der Waals surface area contributed by atoms with Gasteiger partial charge in [0.05, 0.1) is 25.7 Å². The van der Waals surface area contributed by atoms with Crippen LogP contribution >= 0.6 is 0 Å². The van der Waals surface area contributed by atoms with Crippen molar-refractivity contribution >= 4 is 23.9 Å². The fourth-order valence-electron chi connectivity index (χ4n) is 0.428. The lowest BCUT2D eigenvalue weighted by Crippen LogP contribution is -2.00. The summed E-state index contributed by atoms with van der Waals surface area (Å²) >= 11 is 0. The van der Waals surface area contributed by atoms with E-state index in [0.29, 0.717) is 0 Å². The van der Waals surface area contributed by atoms with Gasteiger partial charge in [-0.3, -0.25) is 19.2 Å². The van der Waals surface area contributed by atoms with Gasteiger partial charge in [-0.05, 0) is 0 Å². The number of hydrogen-bond acceptors (Lipinski definition) is 6. The highest BCUT2D eigenvalue weighted by atomic mass is 16.4. The van der Waals surface area contributed by atoms with Crippen LogP contribution in [0.2, 0.25) is 0 Å². The van der Waals surface area contributed by atoms with Gasteiger partial charge in [0.25, 0.3) is 0 Å². The zero-order chi connectivity index (χ0) is 15.1. The smallest absolute Gasteiger partial charge is 0.303 e. The van der Waals surface area contributed by atoms with Crippen molar-refractivity contribution in [1.29, 1.82) is 0 Å². The van der Waals surface area contributed by atoms with Crippen LogP contribution in [0.3, 0.4) is 0 Å². The first kappa shape index (κ1) is 21.1. The van der Waals surface area contributed by atoms with E-state index in [-0.39, 0.29) is 25.7 Å². The molecule has 0 spiro atoms. The summed E-state index contributed by atoms with van der Waals surface area (Å²) in [5.74, 6) is -0.806. The van der Waals surface area contributed by atoms with Crippen LogP contribution in [-0.2, 0) is 19.2 Å². The Kier molecular flexibility index (Phi) is 17.4. The molecule has 0 radical (unpaired) electrons. The predicted octanol–water partition coefficient (Wildman–Crippen LogP) is -0.794. The molecule has 0 fully saturated rings. The molecular formula is C8H15NO9. The predicted molar refractivity (Wildman–Crippen MR) is 55.0 cm³/mol. The summed E-state index contributed by atoms with van der Waals surface area (Å²) in [6.45, 7) is 0. The highest BCUT2D eigenvalue weighted by molar-refractivity contribution is 5.75. The Morgan fingerprint density at radius 1 is 0.556 bits per heavy atom. The number of hydrogen-bond donors (Lipinski definition) is 6. The lowest BCUT2D eigenvalue weighted by molar-refractivity contribution is -0.143. The van der Waals surface area contributed by atoms with Gasteiger partial charge in [0, 0.05) is 0 Å². The summed E-state index contributed by atoms with van der Waals surface area (Å²) in [6, 6.07) is 0. The molecule has 18 heavy (non-hydrogen) atoms. The minimum atomic E-state index is -1.08. The molecule has 0 saturated heterocycles. The molecule has 0 aliphatic rings. The van der Waals surface area contributed by atoms with E-state index < -0.39 is 23.9 Å². The Hall–Kier alpha value is -2.20. The quantitative estimate of drug-likeness (QED) is 0.332. The average Bonchev–Trinajstić information content (AvgIpc) is 2.27. The van der Waals surface area contributed by atoms with Gasteiger partial charge < -0.3 is 25.6 Å². The Balaban J connectivity index is -0.000000219. The van der Waals surface area contributed by atoms with E-state index in [0.717, 1.165) is 0 Å². The number of carboxylic acid groups (broad SMARTS) is 4. The second-order valence-corrected chi connectivity index (χ2v) is 2.57. The summed E-state index contributed by atoms with van der Waals surface area (Å²) in [4.78, 5) is 38.6. The zero-order valence-corrected chi connectivity index (χ0v) is 9.27. The van der Waals surface area contributed by atoms with Crippen molar-refractivity contribution in [2.45, 2.75) is 25.7 Å². The fourth-order valence-corrected chi connectivity index (χ4v) is 0.428. The molecule has 0 aromatic rings. The van der Waals surface area contributed by atoms with Crippen LogP contribution in [0.4, 0.5) is 0 Å². The summed E-state index contributed by atoms with van der Waals surface area (Å²) in [6.07, 6.45) is -1.19. The molecule has 0 unspecified atom stereocenters. The van der Waals surface area contributed by atoms with Crippen LogP contribution in [0.25, 0.3) is 0 Å². The number of aliphatic carboxylic acids is 4. The standard InChI is InChI=1S/2C4H6O4.H3NO/c2*5-3(6)1-2-4(7)8;1-2/h2*1-2H2,(H,5,6)(H,7,8);2H,1H2. The third-order valence-electron chi connectivity index (χ3n) is 1.11. The maximum absolute atomic E-state index is 9.64. The molecule has 0 amide bonds. The van der Waals surface area contributed by atoms with Crippen molar-refractivity contribution in [1.82, 2.24) is 0 Å². The molecule has 106 valence electrons. The second kappa shape index (κ2) is 14.8. The maximum Gasteiger partial charge on any atom is 0.303 e. The van der Waals surface area contributed by atoms with E-state index in [1.165, 1.54) is 0 Å². The van der Waals surface area contributed by atoms with Crippen molar-refractivity contribution in [2.24, 2.45) is 5.90 Å². The van der Waals surface area contributed by atoms with Crippen molar-refractivity contribution in [3.8, 4) is 0 Å². The Morgan fingerprint density at radius 2 is 0.667 bits per heavy atom. The van der Waals surface area contributed by atoms with E-state index in [1.807, 2.05) is 0 Å². The molecule has 0 aliphatic carbocycles. The monoisotopic (exact) mass is 269 g/mol. The molecule has 7 N–H and O–H groups in total. The first-order valence-corrected chi connectivity index (χ1v) is 4.38. The van der Waals surface area contributed by atoms with Crippen LogP contribution < -0.4 is 5.90 Å². The topological polar surface area (TPSA) is 195 Å². The Labute approximate surface area is 101 Å². The van der Waals surface area contributed by atoms with Crippen LogP contribution in [-0.4, -0.2) is 49.5 Å². The van der Waals surface area contributed by atoms with Crippen LogP contribution in [0.1, 0.15) is 25.7 Å². The minimum absolute atomic E-state index is 0.296. The van der Waals surface area contributed by atoms with Crippen molar-refractivity contribution < 1.29 is 44.8 Å². The maximum atomic E-state index is 9.64. The first-order valence-electron chi connectivity index (χ1n) is 4.38. The summed E-state index contributed by atoms with van der Waals surface area (Å²) < 4.78 is 0. The Bertz CT molecular complexity index is 220. The molecule has 10 heteroatoms. The average molecular weight is 269 g/mol.